The molecule has 0 spiro atoms. The fourth-order valence-electron chi connectivity index (χ4n) is 1.59. The van der Waals surface area contributed by atoms with Crippen LogP contribution in [0.3, 0.4) is 0 Å². The van der Waals surface area contributed by atoms with Gasteiger partial charge in [0.1, 0.15) is 6.10 Å². The molecule has 3 heteroatoms. The van der Waals surface area contributed by atoms with Crippen LogP contribution in [0.15, 0.2) is 11.3 Å². The summed E-state index contributed by atoms with van der Waals surface area (Å²) in [7, 11) is 1.63. The molecule has 1 heterocycles. The zero-order valence-corrected chi connectivity index (χ0v) is 14.9. The highest BCUT2D eigenvalue weighted by Crippen LogP contribution is 2.32. The van der Waals surface area contributed by atoms with E-state index in [0.29, 0.717) is 0 Å². The molecule has 0 aromatic rings. The van der Waals surface area contributed by atoms with Crippen molar-refractivity contribution in [3.8, 4) is 0 Å². The maximum atomic E-state index is 9.82. The highest BCUT2D eigenvalue weighted by Gasteiger charge is 2.42. The molecule has 1 aliphatic heterocycles. The van der Waals surface area contributed by atoms with Gasteiger partial charge in [0.25, 0.3) is 0 Å². The van der Waals surface area contributed by atoms with Crippen LogP contribution in [-0.2, 0) is 9.47 Å². The smallest absolute Gasteiger partial charge is 0.156 e. The van der Waals surface area contributed by atoms with E-state index in [0.717, 1.165) is 11.3 Å². The normalized spacial score (nSPS) is 21.1. The van der Waals surface area contributed by atoms with Crippen molar-refractivity contribution in [3.63, 3.8) is 0 Å². The summed E-state index contributed by atoms with van der Waals surface area (Å²) in [5, 5.41) is 9.82. The number of ether oxygens (including phenoxy) is 2. The van der Waals surface area contributed by atoms with Gasteiger partial charge in [0.15, 0.2) is 6.10 Å². The van der Waals surface area contributed by atoms with Crippen molar-refractivity contribution >= 4 is 0 Å². The highest BCUT2D eigenvalue weighted by atomic mass is 16.6. The minimum Gasteiger partial charge on any atom is -0.489 e. The molecule has 118 valence electrons. The van der Waals surface area contributed by atoms with E-state index in [1.54, 1.807) is 21.0 Å². The Morgan fingerprint density at radius 3 is 1.58 bits per heavy atom. The van der Waals surface area contributed by atoms with Crippen LogP contribution in [0.5, 0.6) is 0 Å². The highest BCUT2D eigenvalue weighted by molar-refractivity contribution is 5.19. The van der Waals surface area contributed by atoms with Crippen LogP contribution in [0, 0.1) is 0 Å². The second-order valence-electron chi connectivity index (χ2n) is 4.09. The number of aliphatic hydroxyl groups is 1. The van der Waals surface area contributed by atoms with Gasteiger partial charge < -0.3 is 14.6 Å². The van der Waals surface area contributed by atoms with E-state index in [1.807, 2.05) is 55.4 Å². The Bertz CT molecular complexity index is 227. The third kappa shape index (κ3) is 7.58. The summed E-state index contributed by atoms with van der Waals surface area (Å²) in [6.45, 7) is 19.3. The van der Waals surface area contributed by atoms with Gasteiger partial charge in [-0.25, -0.2) is 0 Å². The summed E-state index contributed by atoms with van der Waals surface area (Å²) in [6.07, 6.45) is -0.419. The summed E-state index contributed by atoms with van der Waals surface area (Å²) in [5.41, 5.74) is 0.189. The SMILES string of the molecule is CC.CC.CC.COC1C(C)=C(C)OC1C(C)(C)O. The number of methoxy groups -OCH3 is 1. The zero-order chi connectivity index (χ0) is 16.2. The van der Waals surface area contributed by atoms with Gasteiger partial charge in [-0.15, -0.1) is 0 Å². The first-order valence-corrected chi connectivity index (χ1v) is 7.47. The van der Waals surface area contributed by atoms with Crippen molar-refractivity contribution in [2.45, 2.75) is 87.0 Å². The first-order chi connectivity index (χ1) is 8.88. The van der Waals surface area contributed by atoms with Crippen LogP contribution in [0.2, 0.25) is 0 Å². The fourth-order valence-corrected chi connectivity index (χ4v) is 1.59. The molecule has 2 unspecified atom stereocenters. The quantitative estimate of drug-likeness (QED) is 0.804. The molecule has 0 aromatic carbocycles. The van der Waals surface area contributed by atoms with E-state index in [2.05, 4.69) is 0 Å². The second kappa shape index (κ2) is 12.5. The summed E-state index contributed by atoms with van der Waals surface area (Å²) >= 11 is 0. The average Bonchev–Trinajstić information content (AvgIpc) is 2.72. The molecule has 0 radical (unpaired) electrons. The predicted molar refractivity (Wildman–Crippen MR) is 84.4 cm³/mol. The lowest BCUT2D eigenvalue weighted by molar-refractivity contribution is -0.0987. The Labute approximate surface area is 121 Å². The molecule has 19 heavy (non-hydrogen) atoms. The maximum absolute atomic E-state index is 9.82. The van der Waals surface area contributed by atoms with Gasteiger partial charge in [-0.05, 0) is 33.3 Å². The third-order valence-corrected chi connectivity index (χ3v) is 2.51. The monoisotopic (exact) mass is 276 g/mol. The molecule has 0 saturated carbocycles. The van der Waals surface area contributed by atoms with Crippen molar-refractivity contribution in [1.29, 1.82) is 0 Å². The molecule has 0 bridgehead atoms. The van der Waals surface area contributed by atoms with Crippen molar-refractivity contribution < 1.29 is 14.6 Å². The molecular weight excluding hydrogens is 240 g/mol. The molecule has 0 amide bonds. The molecular formula is C16H36O3. The maximum Gasteiger partial charge on any atom is 0.156 e. The van der Waals surface area contributed by atoms with E-state index < -0.39 is 5.60 Å². The van der Waals surface area contributed by atoms with Gasteiger partial charge in [-0.3, -0.25) is 0 Å². The van der Waals surface area contributed by atoms with Crippen LogP contribution in [0.25, 0.3) is 0 Å². The van der Waals surface area contributed by atoms with Crippen molar-refractivity contribution in [3.05, 3.63) is 11.3 Å². The number of hydrogen-bond acceptors (Lipinski definition) is 3. The molecule has 0 saturated heterocycles. The summed E-state index contributed by atoms with van der Waals surface area (Å²) in [4.78, 5) is 0. The van der Waals surface area contributed by atoms with Gasteiger partial charge in [-0.1, -0.05) is 41.5 Å². The summed E-state index contributed by atoms with van der Waals surface area (Å²) in [6, 6.07) is 0. The van der Waals surface area contributed by atoms with Gasteiger partial charge in [0.2, 0.25) is 0 Å². The number of allylic oxidation sites excluding steroid dienone is 1. The van der Waals surface area contributed by atoms with Crippen LogP contribution in [0.4, 0.5) is 0 Å². The van der Waals surface area contributed by atoms with Crippen LogP contribution >= 0.6 is 0 Å². The Morgan fingerprint density at radius 1 is 1.00 bits per heavy atom. The van der Waals surface area contributed by atoms with Crippen LogP contribution < -0.4 is 0 Å². The number of hydrogen-bond donors (Lipinski definition) is 1. The Kier molecular flexibility index (Phi) is 15.5. The van der Waals surface area contributed by atoms with Gasteiger partial charge in [0, 0.05) is 7.11 Å². The first kappa shape index (κ1) is 23.5. The van der Waals surface area contributed by atoms with Gasteiger partial charge >= 0.3 is 0 Å². The second-order valence-corrected chi connectivity index (χ2v) is 4.09. The standard InChI is InChI=1S/C10H18O3.3C2H6/c1-6-7(2)13-9(8(6)12-5)10(3,4)11;3*1-2/h8-9,11H,1-5H3;3*1-2H3. The number of rotatable bonds is 2. The first-order valence-electron chi connectivity index (χ1n) is 7.47. The molecule has 3 nitrogen and oxygen atoms in total. The molecule has 1 rings (SSSR count). The molecule has 1 aliphatic rings. The lowest BCUT2D eigenvalue weighted by atomic mass is 9.94. The molecule has 0 aliphatic carbocycles. The summed E-state index contributed by atoms with van der Waals surface area (Å²) in [5.74, 6) is 0.860. The van der Waals surface area contributed by atoms with E-state index in [9.17, 15) is 5.11 Å². The Hall–Kier alpha value is -0.540. The third-order valence-electron chi connectivity index (χ3n) is 2.51. The van der Waals surface area contributed by atoms with E-state index in [-0.39, 0.29) is 12.2 Å². The predicted octanol–water partition coefficient (Wildman–Crippen LogP) is 4.54. The fraction of sp³-hybridized carbons (Fsp3) is 0.875. The summed E-state index contributed by atoms with van der Waals surface area (Å²) < 4.78 is 10.8. The van der Waals surface area contributed by atoms with Crippen molar-refractivity contribution in [2.24, 2.45) is 0 Å². The lowest BCUT2D eigenvalue weighted by Crippen LogP contribution is -2.44. The average molecular weight is 276 g/mol. The van der Waals surface area contributed by atoms with Crippen molar-refractivity contribution in [2.75, 3.05) is 7.11 Å². The van der Waals surface area contributed by atoms with E-state index in [1.165, 1.54) is 0 Å². The largest absolute Gasteiger partial charge is 0.489 e. The minimum atomic E-state index is -0.875. The lowest BCUT2D eigenvalue weighted by Gasteiger charge is -2.29. The van der Waals surface area contributed by atoms with Crippen molar-refractivity contribution in [1.82, 2.24) is 0 Å². The molecule has 0 aromatic heterocycles. The minimum absolute atomic E-state index is 0.125. The molecule has 0 fully saturated rings. The van der Waals surface area contributed by atoms with Crippen LogP contribution in [0.1, 0.15) is 69.2 Å². The molecule has 2 atom stereocenters. The molecule has 1 N–H and O–H groups in total. The van der Waals surface area contributed by atoms with E-state index in [4.69, 9.17) is 9.47 Å². The van der Waals surface area contributed by atoms with Gasteiger partial charge in [0.05, 0.1) is 11.4 Å². The Morgan fingerprint density at radius 2 is 1.37 bits per heavy atom. The van der Waals surface area contributed by atoms with E-state index >= 15 is 0 Å². The Balaban J connectivity index is -0.000000375. The topological polar surface area (TPSA) is 38.7 Å². The van der Waals surface area contributed by atoms with Crippen LogP contribution in [-0.4, -0.2) is 30.0 Å². The van der Waals surface area contributed by atoms with Gasteiger partial charge in [-0.2, -0.15) is 0 Å². The zero-order valence-electron chi connectivity index (χ0n) is 14.9.